The third-order valence-electron chi connectivity index (χ3n) is 2.69. The SMILES string of the molecule is CN(CC1CCNC1)c1ccc[nH]1. The van der Waals surface area contributed by atoms with Crippen molar-refractivity contribution in [2.24, 2.45) is 5.92 Å². The van der Waals surface area contributed by atoms with E-state index in [0.29, 0.717) is 0 Å². The Hall–Kier alpha value is -0.960. The molecule has 0 bridgehead atoms. The van der Waals surface area contributed by atoms with Gasteiger partial charge in [0.2, 0.25) is 0 Å². The molecule has 0 spiro atoms. The molecule has 1 atom stereocenters. The van der Waals surface area contributed by atoms with E-state index in [1.807, 2.05) is 12.3 Å². The minimum Gasteiger partial charge on any atom is -0.361 e. The van der Waals surface area contributed by atoms with E-state index in [-0.39, 0.29) is 0 Å². The second-order valence-electron chi connectivity index (χ2n) is 3.79. The monoisotopic (exact) mass is 179 g/mol. The van der Waals surface area contributed by atoms with Gasteiger partial charge in [0.25, 0.3) is 0 Å². The van der Waals surface area contributed by atoms with E-state index in [4.69, 9.17) is 0 Å². The molecule has 2 heterocycles. The topological polar surface area (TPSA) is 31.1 Å². The molecule has 0 aromatic carbocycles. The van der Waals surface area contributed by atoms with Crippen molar-refractivity contribution >= 4 is 5.82 Å². The molecule has 13 heavy (non-hydrogen) atoms. The number of anilines is 1. The maximum Gasteiger partial charge on any atom is 0.105 e. The maximum absolute atomic E-state index is 3.39. The highest BCUT2D eigenvalue weighted by atomic mass is 15.2. The first kappa shape index (κ1) is 8.63. The molecule has 2 N–H and O–H groups in total. The molecule has 1 aliphatic heterocycles. The minimum absolute atomic E-state index is 0.813. The Kier molecular flexibility index (Phi) is 2.54. The summed E-state index contributed by atoms with van der Waals surface area (Å²) in [5, 5.41) is 3.39. The Morgan fingerprint density at radius 1 is 1.62 bits per heavy atom. The van der Waals surface area contributed by atoms with E-state index in [1.54, 1.807) is 0 Å². The van der Waals surface area contributed by atoms with Crippen LogP contribution in [0.4, 0.5) is 5.82 Å². The molecular weight excluding hydrogens is 162 g/mol. The number of nitrogens with zero attached hydrogens (tertiary/aromatic N) is 1. The molecule has 0 saturated carbocycles. The normalized spacial score (nSPS) is 22.1. The van der Waals surface area contributed by atoms with Gasteiger partial charge < -0.3 is 15.2 Å². The Bertz CT molecular complexity index is 237. The molecule has 1 aliphatic rings. The molecular formula is C10H17N3. The lowest BCUT2D eigenvalue weighted by atomic mass is 10.1. The Labute approximate surface area is 79.1 Å². The molecule has 0 aliphatic carbocycles. The summed E-state index contributed by atoms with van der Waals surface area (Å²) in [4.78, 5) is 5.51. The zero-order valence-corrected chi connectivity index (χ0v) is 8.09. The fourth-order valence-electron chi connectivity index (χ4n) is 1.91. The van der Waals surface area contributed by atoms with Crippen LogP contribution in [0.25, 0.3) is 0 Å². The number of aromatic nitrogens is 1. The molecule has 1 unspecified atom stereocenters. The van der Waals surface area contributed by atoms with Gasteiger partial charge >= 0.3 is 0 Å². The number of H-pyrrole nitrogens is 1. The maximum atomic E-state index is 3.39. The average Bonchev–Trinajstić information content (AvgIpc) is 2.74. The van der Waals surface area contributed by atoms with Crippen LogP contribution in [0.2, 0.25) is 0 Å². The number of rotatable bonds is 3. The summed E-state index contributed by atoms with van der Waals surface area (Å²) in [5.74, 6) is 2.03. The molecule has 3 nitrogen and oxygen atoms in total. The highest BCUT2D eigenvalue weighted by Crippen LogP contribution is 2.14. The van der Waals surface area contributed by atoms with Crippen LogP contribution in [0.15, 0.2) is 18.3 Å². The third kappa shape index (κ3) is 2.04. The fourth-order valence-corrected chi connectivity index (χ4v) is 1.91. The van der Waals surface area contributed by atoms with Crippen molar-refractivity contribution < 1.29 is 0 Å². The largest absolute Gasteiger partial charge is 0.361 e. The van der Waals surface area contributed by atoms with Crippen LogP contribution in [0, 0.1) is 5.92 Å². The van der Waals surface area contributed by atoms with Gasteiger partial charge in [0, 0.05) is 19.8 Å². The average molecular weight is 179 g/mol. The predicted octanol–water partition coefficient (Wildman–Crippen LogP) is 1.06. The van der Waals surface area contributed by atoms with Crippen LogP contribution < -0.4 is 10.2 Å². The second-order valence-corrected chi connectivity index (χ2v) is 3.79. The van der Waals surface area contributed by atoms with Crippen molar-refractivity contribution in [3.63, 3.8) is 0 Å². The lowest BCUT2D eigenvalue weighted by Gasteiger charge is -2.20. The van der Waals surface area contributed by atoms with Crippen molar-refractivity contribution in [3.8, 4) is 0 Å². The van der Waals surface area contributed by atoms with Crippen LogP contribution in [-0.2, 0) is 0 Å². The van der Waals surface area contributed by atoms with E-state index in [1.165, 1.54) is 25.3 Å². The second kappa shape index (κ2) is 3.83. The standard InChI is InChI=1S/C10H17N3/c1-13(10-3-2-5-12-10)8-9-4-6-11-7-9/h2-3,5,9,11-12H,4,6-8H2,1H3. The quantitative estimate of drug-likeness (QED) is 0.727. The highest BCUT2D eigenvalue weighted by molar-refractivity contribution is 5.37. The zero-order valence-electron chi connectivity index (χ0n) is 8.09. The van der Waals surface area contributed by atoms with E-state index in [2.05, 4.69) is 28.3 Å². The van der Waals surface area contributed by atoms with Gasteiger partial charge in [0.15, 0.2) is 0 Å². The van der Waals surface area contributed by atoms with Crippen molar-refractivity contribution in [1.29, 1.82) is 0 Å². The third-order valence-corrected chi connectivity index (χ3v) is 2.69. The summed E-state index contributed by atoms with van der Waals surface area (Å²) in [7, 11) is 2.14. The van der Waals surface area contributed by atoms with Crippen LogP contribution in [0.3, 0.4) is 0 Å². The van der Waals surface area contributed by atoms with Crippen LogP contribution >= 0.6 is 0 Å². The van der Waals surface area contributed by atoms with Gasteiger partial charge in [-0.3, -0.25) is 0 Å². The molecule has 1 fully saturated rings. The lowest BCUT2D eigenvalue weighted by molar-refractivity contribution is 0.576. The van der Waals surface area contributed by atoms with Gasteiger partial charge in [-0.2, -0.15) is 0 Å². The summed E-state index contributed by atoms with van der Waals surface area (Å²) in [6.07, 6.45) is 3.28. The minimum atomic E-state index is 0.813. The zero-order chi connectivity index (χ0) is 9.10. The van der Waals surface area contributed by atoms with Gasteiger partial charge in [-0.05, 0) is 37.6 Å². The van der Waals surface area contributed by atoms with Crippen LogP contribution in [0.1, 0.15) is 6.42 Å². The van der Waals surface area contributed by atoms with Crippen molar-refractivity contribution in [3.05, 3.63) is 18.3 Å². The van der Waals surface area contributed by atoms with Crippen molar-refractivity contribution in [1.82, 2.24) is 10.3 Å². The van der Waals surface area contributed by atoms with E-state index in [9.17, 15) is 0 Å². The van der Waals surface area contributed by atoms with E-state index >= 15 is 0 Å². The van der Waals surface area contributed by atoms with Gasteiger partial charge in [-0.15, -0.1) is 0 Å². The van der Waals surface area contributed by atoms with Gasteiger partial charge in [0.1, 0.15) is 5.82 Å². The highest BCUT2D eigenvalue weighted by Gasteiger charge is 2.16. The molecule has 3 heteroatoms. The van der Waals surface area contributed by atoms with Crippen LogP contribution in [0.5, 0.6) is 0 Å². The molecule has 0 radical (unpaired) electrons. The smallest absolute Gasteiger partial charge is 0.105 e. The number of nitrogens with one attached hydrogen (secondary N) is 2. The first-order chi connectivity index (χ1) is 6.36. The number of hydrogen-bond donors (Lipinski definition) is 2. The molecule has 72 valence electrons. The summed E-state index contributed by atoms with van der Waals surface area (Å²) < 4.78 is 0. The molecule has 1 saturated heterocycles. The molecule has 1 aromatic rings. The first-order valence-corrected chi connectivity index (χ1v) is 4.91. The lowest BCUT2D eigenvalue weighted by Crippen LogP contribution is -2.26. The molecule has 0 amide bonds. The van der Waals surface area contributed by atoms with Gasteiger partial charge in [0.05, 0.1) is 0 Å². The molecule has 1 aromatic heterocycles. The Morgan fingerprint density at radius 3 is 3.15 bits per heavy atom. The Balaban J connectivity index is 1.87. The summed E-state index contributed by atoms with van der Waals surface area (Å²) in [6, 6.07) is 4.15. The summed E-state index contributed by atoms with van der Waals surface area (Å²) >= 11 is 0. The van der Waals surface area contributed by atoms with Crippen LogP contribution in [-0.4, -0.2) is 31.7 Å². The van der Waals surface area contributed by atoms with E-state index in [0.717, 1.165) is 12.5 Å². The Morgan fingerprint density at radius 2 is 2.54 bits per heavy atom. The summed E-state index contributed by atoms with van der Waals surface area (Å²) in [6.45, 7) is 3.50. The van der Waals surface area contributed by atoms with Crippen molar-refractivity contribution in [2.75, 3.05) is 31.6 Å². The predicted molar refractivity (Wildman–Crippen MR) is 55.0 cm³/mol. The first-order valence-electron chi connectivity index (χ1n) is 4.91. The van der Waals surface area contributed by atoms with Crippen molar-refractivity contribution in [2.45, 2.75) is 6.42 Å². The number of aromatic amines is 1. The number of hydrogen-bond acceptors (Lipinski definition) is 2. The van der Waals surface area contributed by atoms with Gasteiger partial charge in [-0.1, -0.05) is 0 Å². The fraction of sp³-hybridized carbons (Fsp3) is 0.600. The van der Waals surface area contributed by atoms with E-state index < -0.39 is 0 Å². The summed E-state index contributed by atoms with van der Waals surface area (Å²) in [5.41, 5.74) is 0. The molecule has 2 rings (SSSR count). The van der Waals surface area contributed by atoms with Gasteiger partial charge in [-0.25, -0.2) is 0 Å².